The number of carbonyl (C=O) groups is 2. The van der Waals surface area contributed by atoms with Gasteiger partial charge in [0.05, 0.1) is 18.9 Å². The number of carboxylic acids is 1. The van der Waals surface area contributed by atoms with E-state index in [1.165, 1.54) is 7.11 Å². The van der Waals surface area contributed by atoms with Crippen LogP contribution in [0.25, 0.3) is 0 Å². The van der Waals surface area contributed by atoms with Gasteiger partial charge in [0.15, 0.2) is 0 Å². The number of carboxylic acid groups (broad SMARTS) is 1. The molecule has 6 heteroatoms. The number of aliphatic carboxylic acids is 1. The normalized spacial score (nSPS) is 26.1. The van der Waals surface area contributed by atoms with Crippen molar-refractivity contribution in [3.8, 4) is 0 Å². The van der Waals surface area contributed by atoms with Crippen molar-refractivity contribution in [1.82, 2.24) is 5.32 Å². The predicted octanol–water partition coefficient (Wildman–Crippen LogP) is -0.108. The molecule has 1 fully saturated rings. The van der Waals surface area contributed by atoms with E-state index >= 15 is 0 Å². The Hall–Kier alpha value is -0.810. The molecule has 0 bridgehead atoms. The average Bonchev–Trinajstić information content (AvgIpc) is 2.16. The minimum absolute atomic E-state index is 0. The molecule has 0 aromatic heterocycles. The Balaban J connectivity index is 0.00000169. The van der Waals surface area contributed by atoms with Gasteiger partial charge in [0.2, 0.25) is 0 Å². The van der Waals surface area contributed by atoms with Crippen LogP contribution in [0.4, 0.5) is 0 Å². The molecule has 0 saturated carbocycles. The van der Waals surface area contributed by atoms with Gasteiger partial charge in [-0.25, -0.2) is 0 Å². The Morgan fingerprint density at radius 3 is 2.57 bits per heavy atom. The second-order valence-corrected chi connectivity index (χ2v) is 3.07. The van der Waals surface area contributed by atoms with Gasteiger partial charge in [-0.05, 0) is 13.0 Å². The molecule has 1 heterocycles. The van der Waals surface area contributed by atoms with Gasteiger partial charge in [-0.1, -0.05) is 0 Å². The van der Waals surface area contributed by atoms with Crippen LogP contribution >= 0.6 is 12.4 Å². The number of esters is 1. The molecular weight excluding hydrogens is 210 g/mol. The molecule has 1 aliphatic heterocycles. The molecule has 0 amide bonds. The van der Waals surface area contributed by atoms with E-state index in [4.69, 9.17) is 5.11 Å². The summed E-state index contributed by atoms with van der Waals surface area (Å²) in [4.78, 5) is 21.9. The van der Waals surface area contributed by atoms with E-state index in [1.54, 1.807) is 0 Å². The first-order valence-electron chi connectivity index (χ1n) is 4.18. The molecule has 2 unspecified atom stereocenters. The molecule has 0 radical (unpaired) electrons. The van der Waals surface area contributed by atoms with E-state index < -0.39 is 23.8 Å². The fraction of sp³-hybridized carbons (Fsp3) is 0.750. The highest BCUT2D eigenvalue weighted by molar-refractivity contribution is 5.85. The number of piperidine rings is 1. The zero-order valence-corrected chi connectivity index (χ0v) is 8.67. The first-order chi connectivity index (χ1) is 6.16. The molecule has 5 nitrogen and oxygen atoms in total. The number of methoxy groups -OCH3 is 1. The summed E-state index contributed by atoms with van der Waals surface area (Å²) in [5.41, 5.74) is 0. The van der Waals surface area contributed by atoms with Gasteiger partial charge in [-0.15, -0.1) is 12.4 Å². The Bertz CT molecular complexity index is 221. The third-order valence-electron chi connectivity index (χ3n) is 2.30. The van der Waals surface area contributed by atoms with E-state index in [1.807, 2.05) is 0 Å². The number of hydrogen-bond acceptors (Lipinski definition) is 4. The molecule has 14 heavy (non-hydrogen) atoms. The second kappa shape index (κ2) is 5.82. The molecule has 2 atom stereocenters. The van der Waals surface area contributed by atoms with Crippen LogP contribution in [0.3, 0.4) is 0 Å². The van der Waals surface area contributed by atoms with Gasteiger partial charge in [-0.2, -0.15) is 0 Å². The number of nitrogens with one attached hydrogen (secondary N) is 1. The summed E-state index contributed by atoms with van der Waals surface area (Å²) >= 11 is 0. The number of ether oxygens (including phenoxy) is 1. The fourth-order valence-electron chi connectivity index (χ4n) is 1.55. The highest BCUT2D eigenvalue weighted by Gasteiger charge is 2.36. The molecule has 1 aliphatic rings. The molecule has 1 rings (SSSR count). The Kier molecular flexibility index (Phi) is 5.49. The van der Waals surface area contributed by atoms with Crippen LogP contribution in [0.1, 0.15) is 6.42 Å². The molecule has 0 spiro atoms. The summed E-state index contributed by atoms with van der Waals surface area (Å²) in [6.45, 7) is 1.01. The smallest absolute Gasteiger partial charge is 0.309 e. The van der Waals surface area contributed by atoms with Crippen molar-refractivity contribution in [2.45, 2.75) is 6.42 Å². The number of hydrogen-bond donors (Lipinski definition) is 2. The molecule has 2 N–H and O–H groups in total. The number of rotatable bonds is 2. The quantitative estimate of drug-likeness (QED) is 0.639. The van der Waals surface area contributed by atoms with Crippen molar-refractivity contribution in [2.24, 2.45) is 11.8 Å². The molecular formula is C8H14ClNO4. The monoisotopic (exact) mass is 223 g/mol. The standard InChI is InChI=1S/C8H13NO4.ClH/c1-13-8(12)5-2-3-9-4-6(5)7(10)11;/h5-6,9H,2-4H2,1H3,(H,10,11);1H. The van der Waals surface area contributed by atoms with Crippen molar-refractivity contribution >= 4 is 24.3 Å². The van der Waals surface area contributed by atoms with E-state index in [-0.39, 0.29) is 12.4 Å². The van der Waals surface area contributed by atoms with Gasteiger partial charge < -0.3 is 15.2 Å². The fourth-order valence-corrected chi connectivity index (χ4v) is 1.55. The van der Waals surface area contributed by atoms with Gasteiger partial charge in [0.1, 0.15) is 0 Å². The zero-order valence-electron chi connectivity index (χ0n) is 7.86. The summed E-state index contributed by atoms with van der Waals surface area (Å²) < 4.78 is 4.54. The Morgan fingerprint density at radius 2 is 2.07 bits per heavy atom. The maximum Gasteiger partial charge on any atom is 0.309 e. The lowest BCUT2D eigenvalue weighted by molar-refractivity contribution is -0.156. The summed E-state index contributed by atoms with van der Waals surface area (Å²) in [5.74, 6) is -2.51. The van der Waals surface area contributed by atoms with Crippen LogP contribution in [0.15, 0.2) is 0 Å². The van der Waals surface area contributed by atoms with Crippen molar-refractivity contribution < 1.29 is 19.4 Å². The highest BCUT2D eigenvalue weighted by Crippen LogP contribution is 2.20. The molecule has 0 aromatic carbocycles. The van der Waals surface area contributed by atoms with Crippen molar-refractivity contribution in [3.63, 3.8) is 0 Å². The predicted molar refractivity (Wildman–Crippen MR) is 51.4 cm³/mol. The summed E-state index contributed by atoms with van der Waals surface area (Å²) in [6.07, 6.45) is 0.531. The first kappa shape index (κ1) is 13.2. The maximum absolute atomic E-state index is 11.2. The SMILES string of the molecule is COC(=O)C1CCNCC1C(=O)O.Cl. The lowest BCUT2D eigenvalue weighted by Crippen LogP contribution is -2.44. The molecule has 1 saturated heterocycles. The topological polar surface area (TPSA) is 75.6 Å². The van der Waals surface area contributed by atoms with Crippen LogP contribution in [-0.2, 0) is 14.3 Å². The van der Waals surface area contributed by atoms with Crippen LogP contribution in [0.5, 0.6) is 0 Å². The third kappa shape index (κ3) is 2.85. The Morgan fingerprint density at radius 1 is 1.43 bits per heavy atom. The number of halogens is 1. The highest BCUT2D eigenvalue weighted by atomic mass is 35.5. The largest absolute Gasteiger partial charge is 0.481 e. The molecule has 0 aromatic rings. The molecule has 0 aliphatic carbocycles. The summed E-state index contributed by atoms with van der Waals surface area (Å²) in [6, 6.07) is 0. The maximum atomic E-state index is 11.2. The van der Waals surface area contributed by atoms with Crippen molar-refractivity contribution in [3.05, 3.63) is 0 Å². The lowest BCUT2D eigenvalue weighted by Gasteiger charge is -2.26. The Labute approximate surface area is 88.2 Å². The van der Waals surface area contributed by atoms with Crippen LogP contribution < -0.4 is 5.32 Å². The first-order valence-corrected chi connectivity index (χ1v) is 4.18. The lowest BCUT2D eigenvalue weighted by atomic mass is 9.86. The van der Waals surface area contributed by atoms with E-state index in [0.29, 0.717) is 19.5 Å². The van der Waals surface area contributed by atoms with E-state index in [9.17, 15) is 9.59 Å². The summed E-state index contributed by atoms with van der Waals surface area (Å²) in [5, 5.41) is 11.7. The minimum atomic E-state index is -0.942. The van der Waals surface area contributed by atoms with Crippen LogP contribution in [-0.4, -0.2) is 37.2 Å². The average molecular weight is 224 g/mol. The minimum Gasteiger partial charge on any atom is -0.481 e. The van der Waals surface area contributed by atoms with Crippen molar-refractivity contribution in [2.75, 3.05) is 20.2 Å². The molecule has 82 valence electrons. The zero-order chi connectivity index (χ0) is 9.84. The van der Waals surface area contributed by atoms with Gasteiger partial charge in [0, 0.05) is 6.54 Å². The number of carbonyl (C=O) groups excluding carboxylic acids is 1. The van der Waals surface area contributed by atoms with Gasteiger partial charge in [0.25, 0.3) is 0 Å². The van der Waals surface area contributed by atoms with Gasteiger partial charge in [-0.3, -0.25) is 9.59 Å². The van der Waals surface area contributed by atoms with E-state index in [0.717, 1.165) is 0 Å². The second-order valence-electron chi connectivity index (χ2n) is 3.07. The van der Waals surface area contributed by atoms with Crippen LogP contribution in [0.2, 0.25) is 0 Å². The third-order valence-corrected chi connectivity index (χ3v) is 2.30. The van der Waals surface area contributed by atoms with E-state index in [2.05, 4.69) is 10.1 Å². The van der Waals surface area contributed by atoms with Gasteiger partial charge >= 0.3 is 11.9 Å². The van der Waals surface area contributed by atoms with Crippen LogP contribution in [0, 0.1) is 11.8 Å². The summed E-state index contributed by atoms with van der Waals surface area (Å²) in [7, 11) is 1.28. The van der Waals surface area contributed by atoms with Crippen molar-refractivity contribution in [1.29, 1.82) is 0 Å².